The van der Waals surface area contributed by atoms with Gasteiger partial charge in [0, 0.05) is 12.1 Å². The summed E-state index contributed by atoms with van der Waals surface area (Å²) in [6.45, 7) is 0.508. The van der Waals surface area contributed by atoms with E-state index in [-0.39, 0.29) is 0 Å². The SMILES string of the molecule is CN1Cc2cc(F)c(O)cc2C1O. The number of phenols is 1. The molecule has 0 saturated heterocycles. The van der Waals surface area contributed by atoms with Gasteiger partial charge in [0.05, 0.1) is 0 Å². The van der Waals surface area contributed by atoms with Crippen LogP contribution in [0.15, 0.2) is 12.1 Å². The standard InChI is InChI=1S/C9H10FNO2/c1-11-4-5-2-7(10)8(12)3-6(5)9(11)13/h2-3,9,12-13H,4H2,1H3. The molecular weight excluding hydrogens is 173 g/mol. The molecular formula is C9H10FNO2. The summed E-state index contributed by atoms with van der Waals surface area (Å²) in [5.74, 6) is -1.05. The van der Waals surface area contributed by atoms with E-state index in [2.05, 4.69) is 0 Å². The number of aliphatic hydroxyl groups excluding tert-OH is 1. The minimum atomic E-state index is -0.735. The number of nitrogens with zero attached hydrogens (tertiary/aromatic N) is 1. The number of aliphatic hydroxyl groups is 1. The maximum Gasteiger partial charge on any atom is 0.165 e. The summed E-state index contributed by atoms with van der Waals surface area (Å²) in [7, 11) is 1.74. The van der Waals surface area contributed by atoms with Crippen LogP contribution in [-0.4, -0.2) is 22.2 Å². The van der Waals surface area contributed by atoms with Crippen molar-refractivity contribution in [1.29, 1.82) is 0 Å². The van der Waals surface area contributed by atoms with Crippen LogP contribution >= 0.6 is 0 Å². The first kappa shape index (κ1) is 8.47. The normalized spacial score (nSPS) is 21.9. The number of halogens is 1. The predicted molar refractivity (Wildman–Crippen MR) is 44.5 cm³/mol. The van der Waals surface area contributed by atoms with E-state index in [1.165, 1.54) is 12.1 Å². The number of aromatic hydroxyl groups is 1. The van der Waals surface area contributed by atoms with Crippen LogP contribution in [0, 0.1) is 5.82 Å². The molecule has 1 aromatic carbocycles. The fourth-order valence-electron chi connectivity index (χ4n) is 1.59. The molecule has 0 bridgehead atoms. The third-order valence-corrected chi connectivity index (χ3v) is 2.32. The van der Waals surface area contributed by atoms with Gasteiger partial charge in [0.15, 0.2) is 11.6 Å². The zero-order chi connectivity index (χ0) is 9.59. The number of fused-ring (bicyclic) bond motifs is 1. The highest BCUT2D eigenvalue weighted by atomic mass is 19.1. The topological polar surface area (TPSA) is 43.7 Å². The average Bonchev–Trinajstić information content (AvgIpc) is 2.32. The molecule has 2 N–H and O–H groups in total. The van der Waals surface area contributed by atoms with Gasteiger partial charge in [-0.1, -0.05) is 0 Å². The van der Waals surface area contributed by atoms with Crippen LogP contribution in [0.4, 0.5) is 4.39 Å². The van der Waals surface area contributed by atoms with Crippen molar-refractivity contribution in [3.63, 3.8) is 0 Å². The molecule has 1 atom stereocenters. The van der Waals surface area contributed by atoms with Crippen LogP contribution in [0.2, 0.25) is 0 Å². The van der Waals surface area contributed by atoms with Gasteiger partial charge in [0.1, 0.15) is 6.23 Å². The summed E-state index contributed by atoms with van der Waals surface area (Å²) in [5.41, 5.74) is 1.31. The van der Waals surface area contributed by atoms with Crippen molar-refractivity contribution in [1.82, 2.24) is 4.90 Å². The van der Waals surface area contributed by atoms with Crippen LogP contribution < -0.4 is 0 Å². The van der Waals surface area contributed by atoms with Crippen molar-refractivity contribution < 1.29 is 14.6 Å². The molecule has 0 spiro atoms. The third kappa shape index (κ3) is 1.18. The number of hydrogen-bond donors (Lipinski definition) is 2. The van der Waals surface area contributed by atoms with Crippen molar-refractivity contribution in [2.24, 2.45) is 0 Å². The lowest BCUT2D eigenvalue weighted by Gasteiger charge is -2.12. The molecule has 0 radical (unpaired) electrons. The van der Waals surface area contributed by atoms with E-state index in [0.29, 0.717) is 12.1 Å². The summed E-state index contributed by atoms with van der Waals surface area (Å²) >= 11 is 0. The summed E-state index contributed by atoms with van der Waals surface area (Å²) in [6.07, 6.45) is -0.735. The quantitative estimate of drug-likeness (QED) is 0.629. The predicted octanol–water partition coefficient (Wildman–Crippen LogP) is 0.968. The second-order valence-electron chi connectivity index (χ2n) is 3.29. The Balaban J connectivity index is 2.53. The van der Waals surface area contributed by atoms with E-state index >= 15 is 0 Å². The van der Waals surface area contributed by atoms with E-state index in [1.807, 2.05) is 0 Å². The monoisotopic (exact) mass is 183 g/mol. The van der Waals surface area contributed by atoms with Crippen molar-refractivity contribution >= 4 is 0 Å². The molecule has 0 amide bonds. The fraction of sp³-hybridized carbons (Fsp3) is 0.333. The van der Waals surface area contributed by atoms with E-state index < -0.39 is 17.8 Å². The van der Waals surface area contributed by atoms with Crippen LogP contribution in [0.5, 0.6) is 5.75 Å². The van der Waals surface area contributed by atoms with Gasteiger partial charge in [-0.15, -0.1) is 0 Å². The van der Waals surface area contributed by atoms with Gasteiger partial charge in [0.25, 0.3) is 0 Å². The van der Waals surface area contributed by atoms with E-state index in [1.54, 1.807) is 11.9 Å². The molecule has 1 unspecified atom stereocenters. The Hall–Kier alpha value is -1.13. The molecule has 3 nitrogen and oxygen atoms in total. The molecule has 0 saturated carbocycles. The summed E-state index contributed by atoms with van der Waals surface area (Å²) in [5, 5.41) is 18.6. The van der Waals surface area contributed by atoms with Gasteiger partial charge in [-0.3, -0.25) is 4.90 Å². The maximum absolute atomic E-state index is 12.9. The molecule has 1 aliphatic rings. The third-order valence-electron chi connectivity index (χ3n) is 2.32. The first-order chi connectivity index (χ1) is 6.09. The number of hydrogen-bond acceptors (Lipinski definition) is 3. The summed E-state index contributed by atoms with van der Waals surface area (Å²) < 4.78 is 12.9. The van der Waals surface area contributed by atoms with Crippen molar-refractivity contribution in [3.8, 4) is 5.75 Å². The minimum Gasteiger partial charge on any atom is -0.505 e. The molecule has 0 fully saturated rings. The Morgan fingerprint density at radius 2 is 2.23 bits per heavy atom. The molecule has 0 aromatic heterocycles. The van der Waals surface area contributed by atoms with Crippen LogP contribution in [0.1, 0.15) is 17.4 Å². The van der Waals surface area contributed by atoms with E-state index in [4.69, 9.17) is 5.11 Å². The van der Waals surface area contributed by atoms with Crippen LogP contribution in [-0.2, 0) is 6.54 Å². The first-order valence-electron chi connectivity index (χ1n) is 3.99. The van der Waals surface area contributed by atoms with Crippen molar-refractivity contribution in [2.75, 3.05) is 7.05 Å². The van der Waals surface area contributed by atoms with Crippen molar-refractivity contribution in [2.45, 2.75) is 12.8 Å². The molecule has 0 aliphatic carbocycles. The average molecular weight is 183 g/mol. The highest BCUT2D eigenvalue weighted by Gasteiger charge is 2.26. The molecule has 13 heavy (non-hydrogen) atoms. The lowest BCUT2D eigenvalue weighted by atomic mass is 10.1. The first-order valence-corrected chi connectivity index (χ1v) is 3.99. The highest BCUT2D eigenvalue weighted by molar-refractivity contribution is 5.39. The van der Waals surface area contributed by atoms with Crippen molar-refractivity contribution in [3.05, 3.63) is 29.1 Å². The Kier molecular flexibility index (Phi) is 1.75. The molecule has 1 aromatic rings. The van der Waals surface area contributed by atoms with Crippen LogP contribution in [0.3, 0.4) is 0 Å². The number of benzene rings is 1. The molecule has 1 heterocycles. The van der Waals surface area contributed by atoms with Gasteiger partial charge in [-0.25, -0.2) is 4.39 Å². The van der Waals surface area contributed by atoms with Gasteiger partial charge >= 0.3 is 0 Å². The van der Waals surface area contributed by atoms with Gasteiger partial charge < -0.3 is 10.2 Å². The maximum atomic E-state index is 12.9. The Morgan fingerprint density at radius 1 is 1.54 bits per heavy atom. The second-order valence-corrected chi connectivity index (χ2v) is 3.29. The summed E-state index contributed by atoms with van der Waals surface area (Å²) in [6, 6.07) is 2.54. The number of rotatable bonds is 0. The van der Waals surface area contributed by atoms with Gasteiger partial charge in [0.2, 0.25) is 0 Å². The summed E-state index contributed by atoms with van der Waals surface area (Å²) in [4.78, 5) is 1.67. The molecule has 4 heteroatoms. The molecule has 2 rings (SSSR count). The smallest absolute Gasteiger partial charge is 0.165 e. The van der Waals surface area contributed by atoms with E-state index in [0.717, 1.165) is 5.56 Å². The Labute approximate surface area is 75.0 Å². The zero-order valence-corrected chi connectivity index (χ0v) is 7.16. The fourth-order valence-corrected chi connectivity index (χ4v) is 1.59. The van der Waals surface area contributed by atoms with Gasteiger partial charge in [-0.2, -0.15) is 0 Å². The number of phenolic OH excluding ortho intramolecular Hbond substituents is 1. The van der Waals surface area contributed by atoms with E-state index in [9.17, 15) is 9.50 Å². The molecule has 70 valence electrons. The largest absolute Gasteiger partial charge is 0.505 e. The molecule has 1 aliphatic heterocycles. The Bertz CT molecular complexity index is 354. The van der Waals surface area contributed by atoms with Gasteiger partial charge in [-0.05, 0) is 24.7 Å². The zero-order valence-electron chi connectivity index (χ0n) is 7.16. The second kappa shape index (κ2) is 2.68. The Morgan fingerprint density at radius 3 is 2.92 bits per heavy atom. The minimum absolute atomic E-state index is 0.409. The highest BCUT2D eigenvalue weighted by Crippen LogP contribution is 2.33. The lowest BCUT2D eigenvalue weighted by molar-refractivity contribution is 0.0336. The van der Waals surface area contributed by atoms with Crippen LogP contribution in [0.25, 0.3) is 0 Å². The lowest BCUT2D eigenvalue weighted by Crippen LogP contribution is -2.15.